The van der Waals surface area contributed by atoms with Crippen LogP contribution in [0.3, 0.4) is 0 Å². The van der Waals surface area contributed by atoms with Crippen molar-refractivity contribution in [3.63, 3.8) is 0 Å². The van der Waals surface area contributed by atoms with Crippen LogP contribution in [0, 0.1) is 11.6 Å². The lowest BCUT2D eigenvalue weighted by molar-refractivity contribution is -0.0521. The second kappa shape index (κ2) is 7.66. The molecule has 0 amide bonds. The van der Waals surface area contributed by atoms with E-state index in [4.69, 9.17) is 5.73 Å². The van der Waals surface area contributed by atoms with E-state index in [0.29, 0.717) is 16.9 Å². The van der Waals surface area contributed by atoms with E-state index in [1.165, 1.54) is 24.3 Å². The number of nitrogens with zero attached hydrogens (tertiary/aromatic N) is 4. The Morgan fingerprint density at radius 2 is 1.84 bits per heavy atom. The van der Waals surface area contributed by atoms with Crippen molar-refractivity contribution >= 4 is 28.4 Å². The van der Waals surface area contributed by atoms with Crippen molar-refractivity contribution < 1.29 is 22.3 Å². The molecule has 0 atom stereocenters. The minimum absolute atomic E-state index is 0.121. The maximum atomic E-state index is 14.1. The van der Waals surface area contributed by atoms with Crippen molar-refractivity contribution in [2.75, 3.05) is 11.1 Å². The average Bonchev–Trinajstić information content (AvgIpc) is 3.50. The van der Waals surface area contributed by atoms with Gasteiger partial charge in [0.2, 0.25) is 5.95 Å². The third-order valence-corrected chi connectivity index (χ3v) is 4.94. The monoisotopic (exact) mass is 444 g/mol. The summed E-state index contributed by atoms with van der Waals surface area (Å²) in [6.45, 7) is -3.14. The van der Waals surface area contributed by atoms with E-state index in [2.05, 4.69) is 25.0 Å². The molecule has 0 bridgehead atoms. The van der Waals surface area contributed by atoms with Crippen LogP contribution in [0.2, 0.25) is 0 Å². The lowest BCUT2D eigenvalue weighted by Crippen LogP contribution is -2.09. The van der Waals surface area contributed by atoms with Crippen LogP contribution in [0.4, 0.5) is 34.9 Å². The van der Waals surface area contributed by atoms with Crippen molar-refractivity contribution in [3.8, 4) is 11.7 Å². The smallest absolute Gasteiger partial charge is 0.387 e. The number of nitrogens with one attached hydrogen (secondary N) is 1. The van der Waals surface area contributed by atoms with E-state index in [-0.39, 0.29) is 29.2 Å². The highest BCUT2D eigenvalue weighted by Gasteiger charge is 2.31. The summed E-state index contributed by atoms with van der Waals surface area (Å²) in [5.41, 5.74) is 7.31. The van der Waals surface area contributed by atoms with Crippen LogP contribution in [-0.4, -0.2) is 26.1 Å². The summed E-state index contributed by atoms with van der Waals surface area (Å²) in [5.74, 6) is -0.514. The summed E-state index contributed by atoms with van der Waals surface area (Å²) < 4.78 is 58.4. The van der Waals surface area contributed by atoms with Crippen molar-refractivity contribution in [1.82, 2.24) is 19.5 Å². The van der Waals surface area contributed by atoms with E-state index >= 15 is 0 Å². The molecule has 0 unspecified atom stereocenters. The summed E-state index contributed by atoms with van der Waals surface area (Å²) in [6.07, 6.45) is 1.90. The number of nitrogen functional groups attached to an aromatic ring is 1. The molecule has 0 spiro atoms. The number of imidazole rings is 1. The second-order valence-electron chi connectivity index (χ2n) is 7.34. The van der Waals surface area contributed by atoms with Gasteiger partial charge in [0.15, 0.2) is 11.6 Å². The molecular formula is C21H16F4N6O. The molecule has 3 N–H and O–H groups in total. The van der Waals surface area contributed by atoms with Gasteiger partial charge in [-0.2, -0.15) is 18.7 Å². The van der Waals surface area contributed by atoms with Gasteiger partial charge < -0.3 is 15.8 Å². The Labute approximate surface area is 178 Å². The maximum Gasteiger partial charge on any atom is 0.387 e. The predicted molar refractivity (Wildman–Crippen MR) is 109 cm³/mol. The largest absolute Gasteiger partial charge is 0.432 e. The summed E-state index contributed by atoms with van der Waals surface area (Å²) in [6, 6.07) is 9.13. The predicted octanol–water partition coefficient (Wildman–Crippen LogP) is 4.90. The molecule has 2 aromatic carbocycles. The van der Waals surface area contributed by atoms with E-state index < -0.39 is 24.0 Å². The number of halogens is 4. The number of nitrogens with two attached hydrogens (primary N) is 1. The number of hydrogen-bond donors (Lipinski definition) is 2. The number of benzene rings is 2. The number of aromatic nitrogens is 4. The van der Waals surface area contributed by atoms with Gasteiger partial charge in [-0.3, -0.25) is 4.57 Å². The second-order valence-corrected chi connectivity index (χ2v) is 7.34. The number of hydrogen-bond acceptors (Lipinski definition) is 6. The fourth-order valence-electron chi connectivity index (χ4n) is 3.43. The van der Waals surface area contributed by atoms with E-state index in [0.717, 1.165) is 25.0 Å². The van der Waals surface area contributed by atoms with Gasteiger partial charge in [0.25, 0.3) is 0 Å². The highest BCUT2D eigenvalue weighted by Crippen LogP contribution is 2.41. The fraction of sp³-hybridized carbons (Fsp3) is 0.190. The van der Waals surface area contributed by atoms with E-state index in [1.807, 2.05) is 0 Å². The number of fused-ring (bicyclic) bond motifs is 1. The van der Waals surface area contributed by atoms with Gasteiger partial charge in [0.1, 0.15) is 23.3 Å². The molecule has 1 aliphatic carbocycles. The van der Waals surface area contributed by atoms with Crippen molar-refractivity contribution in [2.24, 2.45) is 0 Å². The Morgan fingerprint density at radius 1 is 1.03 bits per heavy atom. The van der Waals surface area contributed by atoms with E-state index in [9.17, 15) is 17.6 Å². The van der Waals surface area contributed by atoms with Gasteiger partial charge in [0, 0.05) is 29.8 Å². The zero-order chi connectivity index (χ0) is 22.4. The van der Waals surface area contributed by atoms with Crippen molar-refractivity contribution in [1.29, 1.82) is 0 Å². The normalized spacial score (nSPS) is 13.7. The van der Waals surface area contributed by atoms with Gasteiger partial charge in [-0.25, -0.2) is 13.8 Å². The van der Waals surface area contributed by atoms with Gasteiger partial charge in [-0.1, -0.05) is 0 Å². The standard InChI is InChI=1S/C21H16F4N6O/c22-11-3-5-14-15(7-11)31(19(28-14)10-1-2-10)21-29-17(26)9-18(30-21)27-12-4-6-16(13(23)8-12)32-20(24)25/h3-10,20H,1-2H2,(H3,26,27,29,30). The first-order valence-electron chi connectivity index (χ1n) is 9.71. The van der Waals surface area contributed by atoms with Crippen molar-refractivity contribution in [3.05, 3.63) is 59.9 Å². The maximum absolute atomic E-state index is 14.1. The third-order valence-electron chi connectivity index (χ3n) is 4.94. The molecule has 2 aromatic heterocycles. The lowest BCUT2D eigenvalue weighted by atomic mass is 10.3. The Bertz CT molecular complexity index is 1320. The van der Waals surface area contributed by atoms with Gasteiger partial charge in [-0.05, 0) is 37.1 Å². The van der Waals surface area contributed by atoms with Crippen molar-refractivity contribution in [2.45, 2.75) is 25.4 Å². The Hall–Kier alpha value is -3.89. The summed E-state index contributed by atoms with van der Waals surface area (Å²) in [7, 11) is 0. The third kappa shape index (κ3) is 3.88. The van der Waals surface area contributed by atoms with Crippen LogP contribution in [0.25, 0.3) is 17.0 Å². The average molecular weight is 444 g/mol. The fourth-order valence-corrected chi connectivity index (χ4v) is 3.43. The molecule has 0 saturated heterocycles. The minimum atomic E-state index is -3.14. The first kappa shape index (κ1) is 20.0. The first-order chi connectivity index (χ1) is 15.4. The molecule has 1 saturated carbocycles. The topological polar surface area (TPSA) is 90.9 Å². The molecule has 32 heavy (non-hydrogen) atoms. The molecule has 0 radical (unpaired) electrons. The zero-order valence-corrected chi connectivity index (χ0v) is 16.4. The van der Waals surface area contributed by atoms with E-state index in [1.54, 1.807) is 10.6 Å². The first-order valence-corrected chi connectivity index (χ1v) is 9.71. The molecule has 2 heterocycles. The zero-order valence-electron chi connectivity index (χ0n) is 16.4. The molecule has 7 nitrogen and oxygen atoms in total. The van der Waals surface area contributed by atoms with Crippen LogP contribution in [0.5, 0.6) is 5.75 Å². The van der Waals surface area contributed by atoms with Crippen LogP contribution in [0.15, 0.2) is 42.5 Å². The lowest BCUT2D eigenvalue weighted by Gasteiger charge is -2.12. The Balaban J connectivity index is 1.54. The highest BCUT2D eigenvalue weighted by molar-refractivity contribution is 5.78. The van der Waals surface area contributed by atoms with Gasteiger partial charge in [-0.15, -0.1) is 0 Å². The quantitative estimate of drug-likeness (QED) is 0.411. The number of alkyl halides is 2. The summed E-state index contributed by atoms with van der Waals surface area (Å²) in [5, 5.41) is 2.87. The molecule has 0 aliphatic heterocycles. The molecule has 5 rings (SSSR count). The van der Waals surface area contributed by atoms with Crippen LogP contribution >= 0.6 is 0 Å². The Morgan fingerprint density at radius 3 is 2.56 bits per heavy atom. The minimum Gasteiger partial charge on any atom is -0.432 e. The van der Waals surface area contributed by atoms with Gasteiger partial charge in [0.05, 0.1) is 11.0 Å². The molecule has 4 aromatic rings. The number of ether oxygens (including phenoxy) is 1. The Kier molecular flexibility index (Phi) is 4.80. The number of anilines is 3. The van der Waals surface area contributed by atoms with Crippen LogP contribution in [0.1, 0.15) is 24.6 Å². The van der Waals surface area contributed by atoms with Gasteiger partial charge >= 0.3 is 6.61 Å². The molecule has 1 aliphatic rings. The summed E-state index contributed by atoms with van der Waals surface area (Å²) >= 11 is 0. The van der Waals surface area contributed by atoms with Crippen LogP contribution in [-0.2, 0) is 0 Å². The highest BCUT2D eigenvalue weighted by atomic mass is 19.3. The molecular weight excluding hydrogens is 428 g/mol. The summed E-state index contributed by atoms with van der Waals surface area (Å²) in [4.78, 5) is 13.3. The molecule has 11 heteroatoms. The SMILES string of the molecule is Nc1cc(Nc2ccc(OC(F)F)c(F)c2)nc(-n2c(C3CC3)nc3ccc(F)cc32)n1. The van der Waals surface area contributed by atoms with Crippen LogP contribution < -0.4 is 15.8 Å². The molecule has 164 valence electrons. The molecule has 1 fully saturated rings. The number of rotatable bonds is 6.